The molecule has 0 radical (unpaired) electrons. The van der Waals surface area contributed by atoms with Crippen LogP contribution in [0.25, 0.3) is 0 Å². The van der Waals surface area contributed by atoms with Crippen molar-refractivity contribution in [3.8, 4) is 23.3 Å². The zero-order valence-electron chi connectivity index (χ0n) is 50.0. The molecule has 0 spiro atoms. The number of anilines is 1. The summed E-state index contributed by atoms with van der Waals surface area (Å²) in [6.07, 6.45) is 11.2. The number of guanidine groups is 1. The maximum atomic E-state index is 14.4. The Bertz CT molecular complexity index is 3680. The second-order valence-corrected chi connectivity index (χ2v) is 27.8. The van der Waals surface area contributed by atoms with Crippen LogP contribution in [0, 0.1) is 41.4 Å². The largest absolute Gasteiger partial charge is 1.00 e. The van der Waals surface area contributed by atoms with Gasteiger partial charge in [0.05, 0.1) is 27.1 Å². The van der Waals surface area contributed by atoms with Crippen molar-refractivity contribution in [1.82, 2.24) is 10.3 Å². The van der Waals surface area contributed by atoms with Crippen molar-refractivity contribution in [2.45, 2.75) is 149 Å². The summed E-state index contributed by atoms with van der Waals surface area (Å²) in [5.74, 6) is 5.84. The minimum absolute atomic E-state index is 0. The van der Waals surface area contributed by atoms with E-state index in [1.807, 2.05) is 72.9 Å². The normalized spacial score (nSPS) is 30.3. The zero-order chi connectivity index (χ0) is 59.3. The summed E-state index contributed by atoms with van der Waals surface area (Å²) in [7, 11) is -4.96. The Labute approximate surface area is 534 Å². The maximum Gasteiger partial charge on any atom is 1.00 e. The van der Waals surface area contributed by atoms with E-state index in [1.165, 1.54) is 16.7 Å². The fourth-order valence-corrected chi connectivity index (χ4v) is 17.6. The molecule has 9 aliphatic rings. The summed E-state index contributed by atoms with van der Waals surface area (Å²) >= 11 is 0. The van der Waals surface area contributed by atoms with E-state index in [1.54, 1.807) is 12.1 Å². The van der Waals surface area contributed by atoms with Gasteiger partial charge in [0.15, 0.2) is 5.96 Å². The van der Waals surface area contributed by atoms with Crippen LogP contribution in [0.15, 0.2) is 144 Å². The Morgan fingerprint density at radius 2 is 1.72 bits per heavy atom. The standard InChI is InChI=1S/C71H82N6O8S.Na/c1-43-14-15-50-34-57-23-25-59(50)61(43)38-65(86(81,82)83)63-37-53-32-52(35-58-31-45(42-78)10-5-11-49-33-56(79)22-24-60(49)68(53)84-58)67(63)47-18-20-54(21-19-47)71(85-57,77-69(72)73)40-55(30-44-8-3-2-4-9-44)70(80)27-6-12-51(39-70)48-17-16-46-26-29-74-64(62(46)36-48)41-76-66-13-7-28-75-66;/h2-4,7-9,13,16-25,28,33-34,36-37,43,45,51-52,55,58,61,63-65,67-68,74-76,78-80H,6,10,12,14-15,26-27,29-32,35,38-42H2,1H3,(H4,72,73,77)(H,81,82,83);/q;+1/p-1. The van der Waals surface area contributed by atoms with Crippen molar-refractivity contribution in [2.75, 3.05) is 25.0 Å². The number of aliphatic imine (C=N–C) groups is 1. The third kappa shape index (κ3) is 12.8. The molecule has 6 aliphatic heterocycles. The third-order valence-corrected chi connectivity index (χ3v) is 22.1. The van der Waals surface area contributed by atoms with Gasteiger partial charge in [-0.25, -0.2) is 13.4 Å². The smallest absolute Gasteiger partial charge is 0.748 e. The maximum absolute atomic E-state index is 14.4. The number of aryl methyl sites for hydroxylation is 1. The number of hydrogen-bond donors (Lipinski definition) is 8. The summed E-state index contributed by atoms with van der Waals surface area (Å²) in [4.78, 5) is 8.48. The molecule has 14 nitrogen and oxygen atoms in total. The molecule has 450 valence electrons. The van der Waals surface area contributed by atoms with Crippen LogP contribution in [0.4, 0.5) is 5.82 Å². The van der Waals surface area contributed by atoms with Gasteiger partial charge >= 0.3 is 29.6 Å². The molecular weight excluding hydrogens is 1120 g/mol. The van der Waals surface area contributed by atoms with Gasteiger partial charge in [-0.15, -0.1) is 0 Å². The molecule has 1 aromatic heterocycles. The number of aromatic amines is 1. The first-order valence-corrected chi connectivity index (χ1v) is 32.8. The van der Waals surface area contributed by atoms with Gasteiger partial charge in [0.25, 0.3) is 0 Å². The Morgan fingerprint density at radius 1 is 0.908 bits per heavy atom. The fourth-order valence-electron chi connectivity index (χ4n) is 16.6. The topological polar surface area (TPSA) is 241 Å². The van der Waals surface area contributed by atoms with Crippen LogP contribution in [0.3, 0.4) is 0 Å². The summed E-state index contributed by atoms with van der Waals surface area (Å²) < 4.78 is 57.9. The number of aromatic hydroxyl groups is 1. The van der Waals surface area contributed by atoms with Crippen LogP contribution in [0.1, 0.15) is 163 Å². The second kappa shape index (κ2) is 25.5. The van der Waals surface area contributed by atoms with Crippen molar-refractivity contribution in [1.29, 1.82) is 0 Å². The van der Waals surface area contributed by atoms with Crippen molar-refractivity contribution in [3.05, 3.63) is 195 Å². The van der Waals surface area contributed by atoms with Crippen molar-refractivity contribution in [2.24, 2.45) is 46.0 Å². The monoisotopic (exact) mass is 1200 g/mol. The summed E-state index contributed by atoms with van der Waals surface area (Å²) in [5, 5.41) is 41.3. The van der Waals surface area contributed by atoms with Crippen LogP contribution in [-0.2, 0) is 39.8 Å². The number of aliphatic hydroxyl groups is 2. The molecule has 2 fully saturated rings. The third-order valence-electron chi connectivity index (χ3n) is 20.8. The van der Waals surface area contributed by atoms with Gasteiger partial charge < -0.3 is 56.4 Å². The minimum atomic E-state index is -4.96. The van der Waals surface area contributed by atoms with E-state index in [2.05, 4.69) is 82.9 Å². The molecule has 1 saturated heterocycles. The van der Waals surface area contributed by atoms with Gasteiger partial charge in [-0.05, 0) is 212 Å². The molecule has 10 bridgehead atoms. The fraction of sp³-hybridized carbons (Fsp3) is 0.451. The van der Waals surface area contributed by atoms with E-state index in [4.69, 9.17) is 25.9 Å². The first-order valence-electron chi connectivity index (χ1n) is 31.3. The Balaban J connectivity index is 0.00000739. The summed E-state index contributed by atoms with van der Waals surface area (Å²) in [5.41, 5.74) is 21.3. The number of aromatic nitrogens is 1. The molecule has 16 heteroatoms. The average Bonchev–Trinajstić information content (AvgIpc) is 1.92. The number of rotatable bonds is 12. The van der Waals surface area contributed by atoms with Crippen molar-refractivity contribution >= 4 is 21.9 Å². The molecule has 14 unspecified atom stereocenters. The second-order valence-electron chi connectivity index (χ2n) is 26.2. The number of nitrogens with one attached hydrogen (secondary N) is 3. The number of aliphatic hydroxyl groups excluding tert-OH is 1. The van der Waals surface area contributed by atoms with Gasteiger partial charge in [0.1, 0.15) is 23.4 Å². The molecule has 0 amide bonds. The number of nitrogens with zero attached hydrogens (tertiary/aromatic N) is 1. The Kier molecular flexibility index (Phi) is 18.0. The van der Waals surface area contributed by atoms with Crippen LogP contribution >= 0.6 is 0 Å². The first kappa shape index (κ1) is 61.3. The number of phenolic OH excluding ortho intramolecular Hbond substituents is 1. The molecule has 6 aromatic rings. The van der Waals surface area contributed by atoms with Gasteiger partial charge in [-0.1, -0.05) is 110 Å². The average molecular weight is 1200 g/mol. The number of benzene rings is 5. The van der Waals surface area contributed by atoms with E-state index < -0.39 is 50.6 Å². The van der Waals surface area contributed by atoms with E-state index in [9.17, 15) is 28.3 Å². The molecule has 14 atom stereocenters. The number of H-pyrrole nitrogens is 1. The van der Waals surface area contributed by atoms with Gasteiger partial charge in [-0.3, -0.25) is 0 Å². The molecule has 10 N–H and O–H groups in total. The van der Waals surface area contributed by atoms with Gasteiger partial charge in [0, 0.05) is 54.9 Å². The van der Waals surface area contributed by atoms with Crippen LogP contribution < -0.4 is 56.4 Å². The Hall–Kier alpha value is -5.90. The predicted molar refractivity (Wildman–Crippen MR) is 333 cm³/mol. The molecule has 87 heavy (non-hydrogen) atoms. The minimum Gasteiger partial charge on any atom is -0.748 e. The van der Waals surface area contributed by atoms with E-state index in [-0.39, 0.29) is 102 Å². The van der Waals surface area contributed by atoms with Crippen molar-refractivity contribution < 1.29 is 67.3 Å². The molecule has 3 aliphatic carbocycles. The summed E-state index contributed by atoms with van der Waals surface area (Å²) in [6.45, 7) is 3.70. The predicted octanol–water partition coefficient (Wildman–Crippen LogP) is 7.78. The van der Waals surface area contributed by atoms with Crippen molar-refractivity contribution in [3.63, 3.8) is 0 Å². The molecule has 5 aromatic carbocycles. The number of phenols is 1. The molecular formula is C71H81N6NaO8S. The van der Waals surface area contributed by atoms with E-state index >= 15 is 0 Å². The molecule has 1 saturated carbocycles. The van der Waals surface area contributed by atoms with Gasteiger partial charge in [0.2, 0.25) is 5.72 Å². The molecule has 15 rings (SSSR count). The quantitative estimate of drug-likeness (QED) is 0.0146. The Morgan fingerprint density at radius 3 is 2.51 bits per heavy atom. The number of hydrogen-bond acceptors (Lipinski definition) is 11. The number of allylic oxidation sites excluding steroid dienone is 1. The number of fused-ring (bicyclic) bond motifs is 10. The molecule has 7 heterocycles. The SMILES string of the molecule is CC1CCc2cc3ccc2C1CC(S(=O)(=O)[O-])C1C=C2CC(CC4CC(CO)CC#Cc5cc(O)ccc5C2O4)C1c1ccc(cc1)C(CC(Cc1ccccc1)C1(O)CCCC(c2ccc4c(c2)C(CNc2ccc[nH]2)NCC4)C1)(N=C(N)N)O3.[Na+]. The number of ether oxygens (including phenoxy) is 2. The number of nitrogens with two attached hydrogens (primary N) is 2. The van der Waals surface area contributed by atoms with Crippen LogP contribution in [0.2, 0.25) is 0 Å². The zero-order valence-corrected chi connectivity index (χ0v) is 52.9. The first-order chi connectivity index (χ1) is 41.6. The summed E-state index contributed by atoms with van der Waals surface area (Å²) in [6, 6.07) is 40.7. The van der Waals surface area contributed by atoms with Crippen LogP contribution in [0.5, 0.6) is 11.5 Å². The van der Waals surface area contributed by atoms with E-state index in [0.29, 0.717) is 68.2 Å². The van der Waals surface area contributed by atoms with Gasteiger partial charge in [-0.2, -0.15) is 0 Å². The van der Waals surface area contributed by atoms with Crippen LogP contribution in [-0.4, -0.2) is 75.9 Å². The van der Waals surface area contributed by atoms with E-state index in [0.717, 1.165) is 78.0 Å².